The van der Waals surface area contributed by atoms with E-state index in [1.165, 1.54) is 0 Å². The second-order valence-electron chi connectivity index (χ2n) is 3.00. The van der Waals surface area contributed by atoms with Crippen LogP contribution < -0.4 is 5.73 Å². The molecule has 72 valence electrons. The lowest BCUT2D eigenvalue weighted by Gasteiger charge is -1.99. The number of aromatic amines is 1. The summed E-state index contributed by atoms with van der Waals surface area (Å²) in [6, 6.07) is 3.68. The molecule has 0 saturated heterocycles. The van der Waals surface area contributed by atoms with E-state index in [1.807, 2.05) is 13.0 Å². The van der Waals surface area contributed by atoms with Crippen LogP contribution in [0.1, 0.15) is 5.69 Å². The molecule has 14 heavy (non-hydrogen) atoms. The van der Waals surface area contributed by atoms with Gasteiger partial charge in [-0.05, 0) is 19.1 Å². The summed E-state index contributed by atoms with van der Waals surface area (Å²) >= 11 is 5.83. The van der Waals surface area contributed by atoms with Crippen molar-refractivity contribution in [3.05, 3.63) is 29.2 Å². The number of halogens is 1. The fourth-order valence-corrected chi connectivity index (χ4v) is 1.52. The number of hydrogen-bond donors (Lipinski definition) is 2. The van der Waals surface area contributed by atoms with E-state index in [2.05, 4.69) is 15.0 Å². The quantitative estimate of drug-likeness (QED) is 0.705. The first-order valence-corrected chi connectivity index (χ1v) is 4.48. The van der Waals surface area contributed by atoms with Gasteiger partial charge in [0.15, 0.2) is 5.95 Å². The number of nitrogens with two attached hydrogens (primary N) is 1. The lowest BCUT2D eigenvalue weighted by Crippen LogP contribution is -1.87. The molecule has 0 bridgehead atoms. The van der Waals surface area contributed by atoms with Crippen LogP contribution in [-0.2, 0) is 0 Å². The zero-order chi connectivity index (χ0) is 10.1. The Balaban J connectivity index is 2.51. The molecule has 2 rings (SSSR count). The van der Waals surface area contributed by atoms with Gasteiger partial charge in [0.1, 0.15) is 5.15 Å². The third-order valence-corrected chi connectivity index (χ3v) is 2.02. The van der Waals surface area contributed by atoms with E-state index in [1.54, 1.807) is 12.3 Å². The van der Waals surface area contributed by atoms with Gasteiger partial charge in [-0.15, -0.1) is 0 Å². The summed E-state index contributed by atoms with van der Waals surface area (Å²) in [5.41, 5.74) is 8.12. The number of imidazole rings is 1. The van der Waals surface area contributed by atoms with Crippen LogP contribution in [0.4, 0.5) is 5.95 Å². The third kappa shape index (κ3) is 1.70. The number of H-pyrrole nitrogens is 1. The maximum absolute atomic E-state index is 5.83. The molecule has 0 spiro atoms. The van der Waals surface area contributed by atoms with Crippen molar-refractivity contribution in [1.29, 1.82) is 0 Å². The summed E-state index contributed by atoms with van der Waals surface area (Å²) in [5, 5.41) is 0.466. The van der Waals surface area contributed by atoms with Gasteiger partial charge in [0.2, 0.25) is 0 Å². The third-order valence-electron chi connectivity index (χ3n) is 1.83. The van der Waals surface area contributed by atoms with Crippen molar-refractivity contribution < 1.29 is 0 Å². The predicted molar refractivity (Wildman–Crippen MR) is 56.0 cm³/mol. The topological polar surface area (TPSA) is 67.6 Å². The minimum Gasteiger partial charge on any atom is -0.369 e. The SMILES string of the molecule is Cc1cc(-c2cnc(N)[nH]2)cc(Cl)n1. The number of nitrogens with zero attached hydrogens (tertiary/aromatic N) is 2. The van der Waals surface area contributed by atoms with E-state index < -0.39 is 0 Å². The smallest absolute Gasteiger partial charge is 0.197 e. The van der Waals surface area contributed by atoms with E-state index in [0.717, 1.165) is 17.0 Å². The molecular formula is C9H9ClN4. The van der Waals surface area contributed by atoms with Gasteiger partial charge >= 0.3 is 0 Å². The molecule has 5 heteroatoms. The number of hydrogen-bond acceptors (Lipinski definition) is 3. The lowest BCUT2D eigenvalue weighted by molar-refractivity contribution is 1.20. The average molecular weight is 209 g/mol. The number of pyridine rings is 1. The van der Waals surface area contributed by atoms with Crippen molar-refractivity contribution in [2.45, 2.75) is 6.92 Å². The highest BCUT2D eigenvalue weighted by Crippen LogP contribution is 2.21. The number of nitrogen functional groups attached to an aromatic ring is 1. The largest absolute Gasteiger partial charge is 0.369 e. The Morgan fingerprint density at radius 2 is 2.21 bits per heavy atom. The lowest BCUT2D eigenvalue weighted by atomic mass is 10.2. The van der Waals surface area contributed by atoms with Crippen molar-refractivity contribution in [3.63, 3.8) is 0 Å². The normalized spacial score (nSPS) is 10.4. The van der Waals surface area contributed by atoms with Crippen molar-refractivity contribution in [1.82, 2.24) is 15.0 Å². The molecule has 0 aromatic carbocycles. The summed E-state index contributed by atoms with van der Waals surface area (Å²) in [5.74, 6) is 0.394. The summed E-state index contributed by atoms with van der Waals surface area (Å²) in [6.45, 7) is 1.88. The summed E-state index contributed by atoms with van der Waals surface area (Å²) < 4.78 is 0. The minimum atomic E-state index is 0.394. The highest BCUT2D eigenvalue weighted by atomic mass is 35.5. The molecule has 0 unspecified atom stereocenters. The van der Waals surface area contributed by atoms with Crippen LogP contribution in [-0.4, -0.2) is 15.0 Å². The molecule has 0 radical (unpaired) electrons. The van der Waals surface area contributed by atoms with Crippen LogP contribution in [0.5, 0.6) is 0 Å². The standard InChI is InChI=1S/C9H9ClN4/c1-5-2-6(3-8(10)13-5)7-4-12-9(11)14-7/h2-4H,1H3,(H3,11,12,14). The second kappa shape index (κ2) is 3.31. The number of anilines is 1. The highest BCUT2D eigenvalue weighted by Gasteiger charge is 2.03. The molecule has 0 amide bonds. The van der Waals surface area contributed by atoms with Crippen LogP contribution in [0.3, 0.4) is 0 Å². The molecule has 3 N–H and O–H groups in total. The van der Waals surface area contributed by atoms with Crippen molar-refractivity contribution >= 4 is 17.5 Å². The van der Waals surface area contributed by atoms with Gasteiger partial charge in [-0.1, -0.05) is 11.6 Å². The van der Waals surface area contributed by atoms with Crippen LogP contribution in [0.15, 0.2) is 18.3 Å². The van der Waals surface area contributed by atoms with Gasteiger partial charge < -0.3 is 10.7 Å². The molecule has 2 heterocycles. The Bertz CT molecular complexity index is 443. The maximum atomic E-state index is 5.83. The zero-order valence-electron chi connectivity index (χ0n) is 7.58. The van der Waals surface area contributed by atoms with Crippen molar-refractivity contribution in [2.24, 2.45) is 0 Å². The number of aromatic nitrogens is 3. The average Bonchev–Trinajstić information content (AvgIpc) is 2.50. The molecule has 0 saturated carbocycles. The Kier molecular flexibility index (Phi) is 2.13. The summed E-state index contributed by atoms with van der Waals surface area (Å²) in [6.07, 6.45) is 1.67. The molecule has 0 atom stereocenters. The van der Waals surface area contributed by atoms with Gasteiger partial charge in [-0.2, -0.15) is 0 Å². The first kappa shape index (κ1) is 9.02. The second-order valence-corrected chi connectivity index (χ2v) is 3.39. The summed E-state index contributed by atoms with van der Waals surface area (Å²) in [4.78, 5) is 10.9. The fourth-order valence-electron chi connectivity index (χ4n) is 1.27. The molecule has 0 fully saturated rings. The van der Waals surface area contributed by atoms with Crippen molar-refractivity contribution in [2.75, 3.05) is 5.73 Å². The van der Waals surface area contributed by atoms with Gasteiger partial charge in [0, 0.05) is 11.3 Å². The molecule has 2 aromatic heterocycles. The van der Waals surface area contributed by atoms with Gasteiger partial charge in [-0.3, -0.25) is 0 Å². The van der Waals surface area contributed by atoms with Gasteiger partial charge in [0.25, 0.3) is 0 Å². The Morgan fingerprint density at radius 1 is 1.43 bits per heavy atom. The van der Waals surface area contributed by atoms with Crippen LogP contribution in [0, 0.1) is 6.92 Å². The molecule has 0 aliphatic carbocycles. The van der Waals surface area contributed by atoms with Crippen molar-refractivity contribution in [3.8, 4) is 11.3 Å². The maximum Gasteiger partial charge on any atom is 0.197 e. The molecule has 4 nitrogen and oxygen atoms in total. The van der Waals surface area contributed by atoms with Gasteiger partial charge in [-0.25, -0.2) is 9.97 Å². The number of rotatable bonds is 1. The van der Waals surface area contributed by atoms with E-state index in [0.29, 0.717) is 11.1 Å². The van der Waals surface area contributed by atoms with E-state index in [-0.39, 0.29) is 0 Å². The Labute approximate surface area is 86.1 Å². The first-order valence-electron chi connectivity index (χ1n) is 4.10. The molecular weight excluding hydrogens is 200 g/mol. The Morgan fingerprint density at radius 3 is 2.79 bits per heavy atom. The number of aryl methyl sites for hydroxylation is 1. The van der Waals surface area contributed by atoms with E-state index in [9.17, 15) is 0 Å². The predicted octanol–water partition coefficient (Wildman–Crippen LogP) is 2.02. The van der Waals surface area contributed by atoms with Crippen LogP contribution in [0.25, 0.3) is 11.3 Å². The summed E-state index contributed by atoms with van der Waals surface area (Å²) in [7, 11) is 0. The number of nitrogens with one attached hydrogen (secondary N) is 1. The van der Waals surface area contributed by atoms with E-state index >= 15 is 0 Å². The Hall–Kier alpha value is -1.55. The van der Waals surface area contributed by atoms with Crippen LogP contribution >= 0.6 is 11.6 Å². The van der Waals surface area contributed by atoms with Gasteiger partial charge in [0.05, 0.1) is 11.9 Å². The monoisotopic (exact) mass is 208 g/mol. The molecule has 0 aliphatic heterocycles. The molecule has 2 aromatic rings. The van der Waals surface area contributed by atoms with E-state index in [4.69, 9.17) is 17.3 Å². The fraction of sp³-hybridized carbons (Fsp3) is 0.111. The molecule has 0 aliphatic rings. The highest BCUT2D eigenvalue weighted by molar-refractivity contribution is 6.29. The minimum absolute atomic E-state index is 0.394. The first-order chi connectivity index (χ1) is 6.65. The zero-order valence-corrected chi connectivity index (χ0v) is 8.34. The van der Waals surface area contributed by atoms with Crippen LogP contribution in [0.2, 0.25) is 5.15 Å².